The third-order valence-electron chi connectivity index (χ3n) is 2.60. The molecular weight excluding hydrogens is 276 g/mol. The molecule has 2 amide bonds. The van der Waals surface area contributed by atoms with Crippen molar-refractivity contribution >= 4 is 17.8 Å². The van der Waals surface area contributed by atoms with E-state index < -0.39 is 24.2 Å². The summed E-state index contributed by atoms with van der Waals surface area (Å²) in [6, 6.07) is 5.62. The molecule has 114 valence electrons. The lowest BCUT2D eigenvalue weighted by molar-refractivity contribution is -0.305. The number of hydrazine groups is 1. The van der Waals surface area contributed by atoms with Crippen LogP contribution in [0.5, 0.6) is 5.75 Å². The molecule has 1 aromatic rings. The van der Waals surface area contributed by atoms with Gasteiger partial charge in [-0.3, -0.25) is 20.4 Å². The summed E-state index contributed by atoms with van der Waals surface area (Å²) in [4.78, 5) is 32.8. The van der Waals surface area contributed by atoms with Crippen molar-refractivity contribution in [2.75, 3.05) is 6.61 Å². The van der Waals surface area contributed by atoms with E-state index in [1.807, 2.05) is 26.0 Å². The van der Waals surface area contributed by atoms with Crippen molar-refractivity contribution in [2.24, 2.45) is 0 Å². The number of amides is 2. The molecule has 0 spiro atoms. The van der Waals surface area contributed by atoms with Crippen LogP contribution in [-0.2, 0) is 14.4 Å². The van der Waals surface area contributed by atoms with Crippen molar-refractivity contribution in [3.05, 3.63) is 29.3 Å². The van der Waals surface area contributed by atoms with E-state index >= 15 is 0 Å². The van der Waals surface area contributed by atoms with Gasteiger partial charge in [-0.2, -0.15) is 0 Å². The fraction of sp³-hybridized carbons (Fsp3) is 0.357. The molecule has 7 heteroatoms. The van der Waals surface area contributed by atoms with Gasteiger partial charge in [-0.25, -0.2) is 0 Å². The van der Waals surface area contributed by atoms with Crippen LogP contribution >= 0.6 is 0 Å². The minimum absolute atomic E-state index is 0.259. The number of carboxylic acids is 1. The molecular formula is C14H17N2O5-. The maximum absolute atomic E-state index is 11.5. The highest BCUT2D eigenvalue weighted by atomic mass is 16.5. The molecule has 0 aliphatic rings. The number of carbonyl (C=O) groups excluding carboxylic acids is 3. The number of aliphatic carboxylic acids is 1. The Morgan fingerprint density at radius 2 is 1.76 bits per heavy atom. The smallest absolute Gasteiger partial charge is 0.276 e. The Hall–Kier alpha value is -2.57. The Labute approximate surface area is 122 Å². The maximum Gasteiger partial charge on any atom is 0.276 e. The largest absolute Gasteiger partial charge is 0.550 e. The highest BCUT2D eigenvalue weighted by Gasteiger charge is 2.07. The zero-order valence-corrected chi connectivity index (χ0v) is 11.9. The molecule has 1 aromatic carbocycles. The van der Waals surface area contributed by atoms with Crippen LogP contribution in [0.3, 0.4) is 0 Å². The normalized spacial score (nSPS) is 9.81. The van der Waals surface area contributed by atoms with Gasteiger partial charge in [0.05, 0.1) is 0 Å². The second-order valence-electron chi connectivity index (χ2n) is 4.53. The Kier molecular flexibility index (Phi) is 6.19. The van der Waals surface area contributed by atoms with Crippen LogP contribution in [-0.4, -0.2) is 24.4 Å². The van der Waals surface area contributed by atoms with Crippen LogP contribution in [0.25, 0.3) is 0 Å². The van der Waals surface area contributed by atoms with Crippen molar-refractivity contribution in [2.45, 2.75) is 26.7 Å². The molecule has 0 aliphatic carbocycles. The highest BCUT2D eigenvalue weighted by molar-refractivity contribution is 5.84. The number of rotatable bonds is 6. The van der Waals surface area contributed by atoms with Crippen molar-refractivity contribution in [3.8, 4) is 5.75 Å². The molecule has 21 heavy (non-hydrogen) atoms. The third kappa shape index (κ3) is 6.42. The van der Waals surface area contributed by atoms with E-state index in [1.54, 1.807) is 6.07 Å². The quantitative estimate of drug-likeness (QED) is 0.678. The Morgan fingerprint density at radius 1 is 1.10 bits per heavy atom. The lowest BCUT2D eigenvalue weighted by Gasteiger charge is -2.11. The first-order chi connectivity index (χ1) is 9.88. The number of carbonyl (C=O) groups is 3. The fourth-order valence-corrected chi connectivity index (χ4v) is 1.46. The van der Waals surface area contributed by atoms with Gasteiger partial charge in [0.25, 0.3) is 5.91 Å². The van der Waals surface area contributed by atoms with E-state index in [2.05, 4.69) is 10.9 Å². The molecule has 0 bridgehead atoms. The number of ether oxygens (including phenoxy) is 1. The van der Waals surface area contributed by atoms with Gasteiger partial charge >= 0.3 is 0 Å². The molecule has 0 aromatic heterocycles. The molecule has 0 aliphatic heterocycles. The number of carboxylic acid groups (broad SMARTS) is 1. The fourth-order valence-electron chi connectivity index (χ4n) is 1.46. The first kappa shape index (κ1) is 16.5. The molecule has 0 saturated carbocycles. The number of hydrogen-bond acceptors (Lipinski definition) is 5. The second-order valence-corrected chi connectivity index (χ2v) is 4.53. The van der Waals surface area contributed by atoms with Crippen molar-refractivity contribution in [3.63, 3.8) is 0 Å². The lowest BCUT2D eigenvalue weighted by Crippen LogP contribution is -2.44. The zero-order valence-electron chi connectivity index (χ0n) is 11.9. The summed E-state index contributed by atoms with van der Waals surface area (Å²) in [5, 5.41) is 10.2. The topological polar surface area (TPSA) is 108 Å². The molecule has 0 heterocycles. The van der Waals surface area contributed by atoms with Crippen molar-refractivity contribution in [1.82, 2.24) is 10.9 Å². The SMILES string of the molecule is Cc1ccc(C)c(OCC(=O)NNC(=O)CCC(=O)[O-])c1. The van der Waals surface area contributed by atoms with Gasteiger partial charge in [0.2, 0.25) is 5.91 Å². The molecule has 0 fully saturated rings. The molecule has 0 saturated heterocycles. The Bertz CT molecular complexity index is 542. The Balaban J connectivity index is 2.32. The molecule has 0 radical (unpaired) electrons. The van der Waals surface area contributed by atoms with Crippen molar-refractivity contribution < 1.29 is 24.2 Å². The predicted molar refractivity (Wildman–Crippen MR) is 71.9 cm³/mol. The standard InChI is InChI=1S/C14H18N2O5/c1-9-3-4-10(2)11(7-9)21-8-13(18)16-15-12(17)5-6-14(19)20/h3-4,7H,5-6,8H2,1-2H3,(H,15,17)(H,16,18)(H,19,20)/p-1. The van der Waals surface area contributed by atoms with E-state index in [1.165, 1.54) is 0 Å². The van der Waals surface area contributed by atoms with Crippen LogP contribution in [0, 0.1) is 13.8 Å². The summed E-state index contributed by atoms with van der Waals surface area (Å²) in [5.41, 5.74) is 6.13. The molecule has 1 rings (SSSR count). The first-order valence-electron chi connectivity index (χ1n) is 6.36. The Morgan fingerprint density at radius 3 is 2.43 bits per heavy atom. The molecule has 0 atom stereocenters. The van der Waals surface area contributed by atoms with Crippen molar-refractivity contribution in [1.29, 1.82) is 0 Å². The minimum atomic E-state index is -1.32. The van der Waals surface area contributed by atoms with Crippen LogP contribution in [0.1, 0.15) is 24.0 Å². The highest BCUT2D eigenvalue weighted by Crippen LogP contribution is 2.18. The number of nitrogens with one attached hydrogen (secondary N) is 2. The van der Waals surface area contributed by atoms with Gasteiger partial charge in [0.15, 0.2) is 6.61 Å². The predicted octanol–water partition coefficient (Wildman–Crippen LogP) is -0.640. The van der Waals surface area contributed by atoms with Crippen LogP contribution < -0.4 is 20.7 Å². The van der Waals surface area contributed by atoms with Crippen LogP contribution in [0.4, 0.5) is 0 Å². The van der Waals surface area contributed by atoms with E-state index in [-0.39, 0.29) is 13.0 Å². The van der Waals surface area contributed by atoms with Gasteiger partial charge in [0.1, 0.15) is 5.75 Å². The summed E-state index contributed by atoms with van der Waals surface area (Å²) < 4.78 is 5.34. The summed E-state index contributed by atoms with van der Waals surface area (Å²) in [6.07, 6.45) is -0.666. The van der Waals surface area contributed by atoms with E-state index in [0.29, 0.717) is 5.75 Å². The molecule has 7 nitrogen and oxygen atoms in total. The van der Waals surface area contributed by atoms with E-state index in [0.717, 1.165) is 11.1 Å². The molecule has 0 unspecified atom stereocenters. The first-order valence-corrected chi connectivity index (χ1v) is 6.36. The van der Waals surface area contributed by atoms with Gasteiger partial charge < -0.3 is 14.6 Å². The number of benzene rings is 1. The average Bonchev–Trinajstić information content (AvgIpc) is 2.43. The minimum Gasteiger partial charge on any atom is -0.550 e. The second kappa shape index (κ2) is 7.88. The summed E-state index contributed by atoms with van der Waals surface area (Å²) >= 11 is 0. The number of aryl methyl sites for hydroxylation is 2. The maximum atomic E-state index is 11.5. The van der Waals surface area contributed by atoms with Gasteiger partial charge in [-0.15, -0.1) is 0 Å². The van der Waals surface area contributed by atoms with E-state index in [9.17, 15) is 19.5 Å². The monoisotopic (exact) mass is 293 g/mol. The van der Waals surface area contributed by atoms with Gasteiger partial charge in [0, 0.05) is 12.4 Å². The zero-order chi connectivity index (χ0) is 15.8. The lowest BCUT2D eigenvalue weighted by atomic mass is 10.1. The summed E-state index contributed by atoms with van der Waals surface area (Å²) in [5.74, 6) is -1.89. The van der Waals surface area contributed by atoms with Gasteiger partial charge in [-0.1, -0.05) is 12.1 Å². The van der Waals surface area contributed by atoms with Gasteiger partial charge in [-0.05, 0) is 37.5 Å². The van der Waals surface area contributed by atoms with Crippen LogP contribution in [0.15, 0.2) is 18.2 Å². The third-order valence-corrected chi connectivity index (χ3v) is 2.60. The summed E-state index contributed by atoms with van der Waals surface area (Å²) in [6.45, 7) is 3.50. The van der Waals surface area contributed by atoms with E-state index in [4.69, 9.17) is 4.74 Å². The number of hydrogen-bond donors (Lipinski definition) is 2. The molecule has 2 N–H and O–H groups in total. The summed E-state index contributed by atoms with van der Waals surface area (Å²) in [7, 11) is 0. The van der Waals surface area contributed by atoms with Crippen LogP contribution in [0.2, 0.25) is 0 Å². The average molecular weight is 293 g/mol.